The Labute approximate surface area is 129 Å². The minimum absolute atomic E-state index is 0.109. The smallest absolute Gasteiger partial charge is 0.125 e. The van der Waals surface area contributed by atoms with Crippen LogP contribution in [0.25, 0.3) is 0 Å². The van der Waals surface area contributed by atoms with E-state index in [9.17, 15) is 0 Å². The molecule has 1 heterocycles. The summed E-state index contributed by atoms with van der Waals surface area (Å²) in [6, 6.07) is 6.59. The molecule has 112 valence electrons. The van der Waals surface area contributed by atoms with E-state index in [0.717, 1.165) is 42.6 Å². The van der Waals surface area contributed by atoms with Crippen molar-refractivity contribution in [3.8, 4) is 5.75 Å². The van der Waals surface area contributed by atoms with E-state index >= 15 is 0 Å². The van der Waals surface area contributed by atoms with E-state index in [2.05, 4.69) is 47.2 Å². The molecule has 4 heteroatoms. The van der Waals surface area contributed by atoms with E-state index < -0.39 is 0 Å². The summed E-state index contributed by atoms with van der Waals surface area (Å²) in [6.45, 7) is 6.29. The van der Waals surface area contributed by atoms with Crippen LogP contribution >= 0.6 is 15.9 Å². The zero-order valence-electron chi connectivity index (χ0n) is 12.3. The first-order valence-electron chi connectivity index (χ1n) is 7.28. The van der Waals surface area contributed by atoms with Gasteiger partial charge < -0.3 is 15.2 Å². The van der Waals surface area contributed by atoms with Crippen LogP contribution in [0.15, 0.2) is 22.7 Å². The molecule has 1 aromatic carbocycles. The largest absolute Gasteiger partial charge is 0.493 e. The number of nitrogens with one attached hydrogen (secondary N) is 1. The van der Waals surface area contributed by atoms with Crippen molar-refractivity contribution in [3.05, 3.63) is 28.2 Å². The van der Waals surface area contributed by atoms with Crippen molar-refractivity contribution in [3.63, 3.8) is 0 Å². The highest BCUT2D eigenvalue weighted by Gasteiger charge is 2.23. The van der Waals surface area contributed by atoms with Gasteiger partial charge in [-0.3, -0.25) is 0 Å². The predicted molar refractivity (Wildman–Crippen MR) is 85.1 cm³/mol. The number of hydrogen-bond donors (Lipinski definition) is 2. The molecule has 0 saturated heterocycles. The van der Waals surface area contributed by atoms with Crippen LogP contribution in [-0.4, -0.2) is 24.9 Å². The number of halogens is 1. The van der Waals surface area contributed by atoms with E-state index in [1.807, 2.05) is 6.07 Å². The summed E-state index contributed by atoms with van der Waals surface area (Å²) in [4.78, 5) is 0. The maximum absolute atomic E-state index is 9.12. The van der Waals surface area contributed by atoms with Gasteiger partial charge in [0.25, 0.3) is 0 Å². The van der Waals surface area contributed by atoms with Gasteiger partial charge >= 0.3 is 0 Å². The lowest BCUT2D eigenvalue weighted by atomic mass is 9.89. The van der Waals surface area contributed by atoms with Crippen molar-refractivity contribution in [2.24, 2.45) is 5.41 Å². The lowest BCUT2D eigenvalue weighted by Crippen LogP contribution is -2.33. The Hall–Kier alpha value is -0.580. The maximum Gasteiger partial charge on any atom is 0.125 e. The monoisotopic (exact) mass is 341 g/mol. The second-order valence-electron chi connectivity index (χ2n) is 6.24. The van der Waals surface area contributed by atoms with Gasteiger partial charge in [0.2, 0.25) is 0 Å². The van der Waals surface area contributed by atoms with Gasteiger partial charge in [0, 0.05) is 29.2 Å². The normalized spacial score (nSPS) is 19.1. The summed E-state index contributed by atoms with van der Waals surface area (Å²) in [5.41, 5.74) is 1.35. The third-order valence-electron chi connectivity index (χ3n) is 3.86. The molecule has 2 N–H and O–H groups in total. The van der Waals surface area contributed by atoms with Crippen LogP contribution < -0.4 is 10.1 Å². The molecular formula is C16H24BrNO2. The van der Waals surface area contributed by atoms with E-state index in [4.69, 9.17) is 9.84 Å². The fourth-order valence-corrected chi connectivity index (χ4v) is 2.89. The zero-order valence-corrected chi connectivity index (χ0v) is 13.9. The molecule has 1 aromatic rings. The first-order valence-corrected chi connectivity index (χ1v) is 8.08. The molecule has 0 aliphatic carbocycles. The van der Waals surface area contributed by atoms with Gasteiger partial charge in [-0.05, 0) is 36.8 Å². The van der Waals surface area contributed by atoms with Gasteiger partial charge in [0.05, 0.1) is 6.61 Å². The SMILES string of the molecule is CC(C)(CCO)CNC1CCCOc2cc(Br)ccc21. The minimum Gasteiger partial charge on any atom is -0.493 e. The number of rotatable bonds is 5. The van der Waals surface area contributed by atoms with Gasteiger partial charge in [-0.25, -0.2) is 0 Å². The van der Waals surface area contributed by atoms with Crippen LogP contribution in [0.5, 0.6) is 5.75 Å². The molecular weight excluding hydrogens is 318 g/mol. The molecule has 20 heavy (non-hydrogen) atoms. The molecule has 2 rings (SSSR count). The quantitative estimate of drug-likeness (QED) is 0.858. The van der Waals surface area contributed by atoms with Crippen LogP contribution in [0.2, 0.25) is 0 Å². The first kappa shape index (κ1) is 15.8. The highest BCUT2D eigenvalue weighted by atomic mass is 79.9. The van der Waals surface area contributed by atoms with E-state index in [1.54, 1.807) is 0 Å². The summed E-state index contributed by atoms with van der Waals surface area (Å²) >= 11 is 3.50. The van der Waals surface area contributed by atoms with Crippen molar-refractivity contribution in [1.29, 1.82) is 0 Å². The van der Waals surface area contributed by atoms with Gasteiger partial charge in [-0.15, -0.1) is 0 Å². The summed E-state index contributed by atoms with van der Waals surface area (Å²) in [7, 11) is 0. The number of aliphatic hydroxyl groups excluding tert-OH is 1. The number of benzene rings is 1. The van der Waals surface area contributed by atoms with E-state index in [-0.39, 0.29) is 12.0 Å². The Morgan fingerprint density at radius 2 is 2.25 bits per heavy atom. The molecule has 1 aliphatic rings. The van der Waals surface area contributed by atoms with Crippen LogP contribution in [0.4, 0.5) is 0 Å². The van der Waals surface area contributed by atoms with Gasteiger partial charge in [0.1, 0.15) is 5.75 Å². The third kappa shape index (κ3) is 4.21. The molecule has 1 aliphatic heterocycles. The maximum atomic E-state index is 9.12. The predicted octanol–water partition coefficient (Wildman–Crippen LogP) is 3.66. The second-order valence-corrected chi connectivity index (χ2v) is 7.16. The molecule has 0 spiro atoms. The van der Waals surface area contributed by atoms with Crippen molar-refractivity contribution in [1.82, 2.24) is 5.32 Å². The Morgan fingerprint density at radius 3 is 3.00 bits per heavy atom. The fourth-order valence-electron chi connectivity index (χ4n) is 2.55. The van der Waals surface area contributed by atoms with Crippen molar-refractivity contribution >= 4 is 15.9 Å². The average Bonchev–Trinajstić information content (AvgIpc) is 2.58. The summed E-state index contributed by atoms with van der Waals surface area (Å²) < 4.78 is 6.88. The highest BCUT2D eigenvalue weighted by Crippen LogP contribution is 2.34. The number of aliphatic hydroxyl groups is 1. The van der Waals surface area contributed by atoms with Gasteiger partial charge in [0.15, 0.2) is 0 Å². The highest BCUT2D eigenvalue weighted by molar-refractivity contribution is 9.10. The van der Waals surface area contributed by atoms with Crippen molar-refractivity contribution < 1.29 is 9.84 Å². The molecule has 0 bridgehead atoms. The number of hydrogen-bond acceptors (Lipinski definition) is 3. The molecule has 1 unspecified atom stereocenters. The molecule has 0 saturated carbocycles. The standard InChI is InChI=1S/C16H24BrNO2/c1-16(2,7-8-19)11-18-14-4-3-9-20-15-10-12(17)5-6-13(14)15/h5-6,10,14,18-19H,3-4,7-9,11H2,1-2H3. The van der Waals surface area contributed by atoms with Crippen LogP contribution in [0, 0.1) is 5.41 Å². The second kappa shape index (κ2) is 6.92. The van der Waals surface area contributed by atoms with E-state index in [0.29, 0.717) is 6.04 Å². The summed E-state index contributed by atoms with van der Waals surface area (Å²) in [5, 5.41) is 12.8. The zero-order chi connectivity index (χ0) is 14.6. The van der Waals surface area contributed by atoms with E-state index in [1.165, 1.54) is 5.56 Å². The molecule has 0 amide bonds. The average molecular weight is 342 g/mol. The lowest BCUT2D eigenvalue weighted by molar-refractivity contribution is 0.202. The molecule has 0 radical (unpaired) electrons. The Kier molecular flexibility index (Phi) is 5.47. The summed E-state index contributed by atoms with van der Waals surface area (Å²) in [6.07, 6.45) is 2.96. The number of fused-ring (bicyclic) bond motifs is 1. The first-order chi connectivity index (χ1) is 9.52. The van der Waals surface area contributed by atoms with Crippen molar-refractivity contribution in [2.45, 2.75) is 39.2 Å². The lowest BCUT2D eigenvalue weighted by Gasteiger charge is -2.28. The van der Waals surface area contributed by atoms with Crippen LogP contribution in [-0.2, 0) is 0 Å². The molecule has 0 fully saturated rings. The molecule has 0 aromatic heterocycles. The summed E-state index contributed by atoms with van der Waals surface area (Å²) in [5.74, 6) is 0.981. The van der Waals surface area contributed by atoms with Crippen LogP contribution in [0.1, 0.15) is 44.7 Å². The molecule has 3 nitrogen and oxygen atoms in total. The Balaban J connectivity index is 2.09. The topological polar surface area (TPSA) is 41.5 Å². The fraction of sp³-hybridized carbons (Fsp3) is 0.625. The minimum atomic E-state index is 0.109. The Morgan fingerprint density at radius 1 is 1.45 bits per heavy atom. The van der Waals surface area contributed by atoms with Crippen molar-refractivity contribution in [2.75, 3.05) is 19.8 Å². The van der Waals surface area contributed by atoms with Crippen LogP contribution in [0.3, 0.4) is 0 Å². The number of ether oxygens (including phenoxy) is 1. The Bertz CT molecular complexity index is 448. The van der Waals surface area contributed by atoms with Gasteiger partial charge in [-0.1, -0.05) is 35.8 Å². The molecule has 1 atom stereocenters. The third-order valence-corrected chi connectivity index (χ3v) is 4.35. The van der Waals surface area contributed by atoms with Gasteiger partial charge in [-0.2, -0.15) is 0 Å².